The van der Waals surface area contributed by atoms with E-state index in [2.05, 4.69) is 9.71 Å². The molecular weight excluding hydrogens is 566 g/mol. The first kappa shape index (κ1) is 25.9. The van der Waals surface area contributed by atoms with E-state index in [1.54, 1.807) is 17.5 Å². The van der Waals surface area contributed by atoms with Gasteiger partial charge in [-0.2, -0.15) is 0 Å². The van der Waals surface area contributed by atoms with Crippen molar-refractivity contribution < 1.29 is 22.8 Å². The number of thiazole rings is 1. The molecule has 0 atom stereocenters. The summed E-state index contributed by atoms with van der Waals surface area (Å²) in [5.41, 5.74) is 2.04. The molecule has 0 spiro atoms. The van der Waals surface area contributed by atoms with Gasteiger partial charge >= 0.3 is 5.24 Å². The number of rotatable bonds is 6. The van der Waals surface area contributed by atoms with Crippen LogP contribution in [0.4, 0.5) is 9.93 Å². The Hall–Kier alpha value is -3.77. The number of nitrogens with zero attached hydrogens (tertiary/aromatic N) is 2. The van der Waals surface area contributed by atoms with Crippen LogP contribution >= 0.6 is 34.7 Å². The van der Waals surface area contributed by atoms with E-state index >= 15 is 0 Å². The molecule has 3 aromatic carbocycles. The van der Waals surface area contributed by atoms with Crippen molar-refractivity contribution in [1.29, 1.82) is 0 Å². The van der Waals surface area contributed by atoms with Crippen molar-refractivity contribution >= 4 is 73.0 Å². The number of halogens is 1. The fourth-order valence-corrected chi connectivity index (χ4v) is 6.54. The Labute approximate surface area is 231 Å². The van der Waals surface area contributed by atoms with Crippen molar-refractivity contribution in [3.05, 3.63) is 105 Å². The number of imide groups is 3. The largest absolute Gasteiger partial charge is 0.300 e. The van der Waals surface area contributed by atoms with Crippen LogP contribution in [-0.4, -0.2) is 35.4 Å². The molecule has 0 radical (unpaired) electrons. The van der Waals surface area contributed by atoms with Gasteiger partial charge in [0.25, 0.3) is 21.8 Å². The summed E-state index contributed by atoms with van der Waals surface area (Å²) in [7, 11) is -3.91. The first-order chi connectivity index (χ1) is 18.2. The third-order valence-electron chi connectivity index (χ3n) is 5.38. The minimum absolute atomic E-state index is 0.00638. The molecule has 0 aliphatic carbocycles. The fourth-order valence-electron chi connectivity index (χ4n) is 3.53. The Morgan fingerprint density at radius 2 is 1.63 bits per heavy atom. The monoisotopic (exact) mass is 581 g/mol. The highest BCUT2D eigenvalue weighted by atomic mass is 35.5. The summed E-state index contributed by atoms with van der Waals surface area (Å²) in [6.45, 7) is 0. The maximum absolute atomic E-state index is 12.9. The van der Waals surface area contributed by atoms with Crippen molar-refractivity contribution in [3.8, 4) is 11.3 Å². The van der Waals surface area contributed by atoms with Gasteiger partial charge in [0.05, 0.1) is 26.1 Å². The van der Waals surface area contributed by atoms with Gasteiger partial charge in [-0.25, -0.2) is 18.3 Å². The summed E-state index contributed by atoms with van der Waals surface area (Å²) in [5, 5.41) is 1.37. The standard InChI is InChI=1S/C26H16ClN3O5S3/c27-20-9-5-4-8-19(20)23(31)30-24(32)22(37-26(30)33)14-16-10-12-18(13-11-16)38(34,35)29-25-28-21(15-36-25)17-6-2-1-3-7-17/h1-15H,(H,28,29)/b22-14-. The van der Waals surface area contributed by atoms with Gasteiger partial charge in [-0.05, 0) is 47.7 Å². The van der Waals surface area contributed by atoms with Crippen LogP contribution in [0.3, 0.4) is 0 Å². The Morgan fingerprint density at radius 1 is 0.947 bits per heavy atom. The number of nitrogens with one attached hydrogen (secondary N) is 1. The lowest BCUT2D eigenvalue weighted by molar-refractivity contribution is -0.120. The van der Waals surface area contributed by atoms with Gasteiger partial charge in [0.15, 0.2) is 5.13 Å². The number of sulfonamides is 1. The Kier molecular flexibility index (Phi) is 7.17. The smallest absolute Gasteiger partial charge is 0.268 e. The average Bonchev–Trinajstić information content (AvgIpc) is 3.48. The van der Waals surface area contributed by atoms with E-state index in [4.69, 9.17) is 11.6 Å². The second-order valence-electron chi connectivity index (χ2n) is 7.88. The van der Waals surface area contributed by atoms with Crippen molar-refractivity contribution in [2.75, 3.05) is 4.72 Å². The SMILES string of the molecule is O=C1S/C(=C\c2ccc(S(=O)(=O)Nc3nc(-c4ccccc4)cs3)cc2)C(=O)N1C(=O)c1ccccc1Cl. The van der Waals surface area contributed by atoms with Crippen LogP contribution in [0.5, 0.6) is 0 Å². The normalized spacial score (nSPS) is 14.8. The molecule has 1 aliphatic rings. The van der Waals surface area contributed by atoms with E-state index in [9.17, 15) is 22.8 Å². The summed E-state index contributed by atoms with van der Waals surface area (Å²) in [6.07, 6.45) is 1.42. The first-order valence-corrected chi connectivity index (χ1v) is 14.5. The van der Waals surface area contributed by atoms with Gasteiger partial charge in [0.2, 0.25) is 0 Å². The molecule has 1 fully saturated rings. The van der Waals surface area contributed by atoms with Crippen molar-refractivity contribution in [2.24, 2.45) is 0 Å². The Morgan fingerprint density at radius 3 is 2.34 bits per heavy atom. The molecule has 8 nitrogen and oxygen atoms in total. The number of carbonyl (C=O) groups is 3. The van der Waals surface area contributed by atoms with Crippen LogP contribution in [0, 0.1) is 0 Å². The van der Waals surface area contributed by atoms with E-state index in [1.807, 2.05) is 30.3 Å². The van der Waals surface area contributed by atoms with Gasteiger partial charge in [0.1, 0.15) is 0 Å². The molecule has 190 valence electrons. The van der Waals surface area contributed by atoms with E-state index < -0.39 is 27.1 Å². The Balaban J connectivity index is 1.31. The quantitative estimate of drug-likeness (QED) is 0.215. The van der Waals surface area contributed by atoms with E-state index in [-0.39, 0.29) is 25.5 Å². The van der Waals surface area contributed by atoms with Crippen LogP contribution in [0.2, 0.25) is 5.02 Å². The molecule has 1 N–H and O–H groups in total. The van der Waals surface area contributed by atoms with Crippen LogP contribution in [0.15, 0.2) is 94.0 Å². The van der Waals surface area contributed by atoms with Crippen molar-refractivity contribution in [2.45, 2.75) is 4.90 Å². The van der Waals surface area contributed by atoms with Crippen LogP contribution < -0.4 is 4.72 Å². The summed E-state index contributed by atoms with van der Waals surface area (Å²) in [4.78, 5) is 42.9. The number of anilines is 1. The molecular formula is C26H16ClN3O5S3. The van der Waals surface area contributed by atoms with Crippen LogP contribution in [0.1, 0.15) is 15.9 Å². The summed E-state index contributed by atoms with van der Waals surface area (Å²) < 4.78 is 28.2. The maximum atomic E-state index is 12.9. The van der Waals surface area contributed by atoms with Gasteiger partial charge in [-0.15, -0.1) is 11.3 Å². The van der Waals surface area contributed by atoms with Gasteiger partial charge in [-0.3, -0.25) is 19.1 Å². The summed E-state index contributed by atoms with van der Waals surface area (Å²) >= 11 is 7.83. The van der Waals surface area contributed by atoms with E-state index in [0.29, 0.717) is 27.9 Å². The number of carbonyl (C=O) groups excluding carboxylic acids is 3. The van der Waals surface area contributed by atoms with Crippen LogP contribution in [0.25, 0.3) is 17.3 Å². The van der Waals surface area contributed by atoms with Crippen molar-refractivity contribution in [3.63, 3.8) is 0 Å². The third-order valence-corrected chi connectivity index (χ3v) is 8.83. The zero-order chi connectivity index (χ0) is 26.9. The highest BCUT2D eigenvalue weighted by molar-refractivity contribution is 8.18. The van der Waals surface area contributed by atoms with Gasteiger partial charge in [0, 0.05) is 10.9 Å². The fraction of sp³-hybridized carbons (Fsp3) is 0. The lowest BCUT2D eigenvalue weighted by Crippen LogP contribution is -2.34. The highest BCUT2D eigenvalue weighted by Crippen LogP contribution is 2.34. The molecule has 12 heteroatoms. The Bertz CT molecular complexity index is 1700. The number of amides is 3. The minimum Gasteiger partial charge on any atom is -0.268 e. The average molecular weight is 582 g/mol. The highest BCUT2D eigenvalue weighted by Gasteiger charge is 2.40. The second kappa shape index (κ2) is 10.5. The molecule has 4 aromatic rings. The third kappa shape index (κ3) is 5.27. The second-order valence-corrected chi connectivity index (χ2v) is 11.8. The molecule has 1 aromatic heterocycles. The first-order valence-electron chi connectivity index (χ1n) is 10.9. The number of hydrogen-bond donors (Lipinski definition) is 1. The summed E-state index contributed by atoms with van der Waals surface area (Å²) in [5.74, 6) is -1.59. The minimum atomic E-state index is -3.91. The molecule has 3 amide bonds. The lowest BCUT2D eigenvalue weighted by Gasteiger charge is -2.11. The lowest BCUT2D eigenvalue weighted by atomic mass is 10.2. The van der Waals surface area contributed by atoms with E-state index in [0.717, 1.165) is 5.56 Å². The predicted octanol–water partition coefficient (Wildman–Crippen LogP) is 6.14. The van der Waals surface area contributed by atoms with Gasteiger partial charge < -0.3 is 0 Å². The van der Waals surface area contributed by atoms with Crippen molar-refractivity contribution in [1.82, 2.24) is 9.88 Å². The van der Waals surface area contributed by atoms with Gasteiger partial charge in [-0.1, -0.05) is 66.2 Å². The molecule has 2 heterocycles. The molecule has 0 unspecified atom stereocenters. The number of thioether (sulfide) groups is 1. The predicted molar refractivity (Wildman–Crippen MR) is 148 cm³/mol. The number of benzene rings is 3. The van der Waals surface area contributed by atoms with Crippen LogP contribution in [-0.2, 0) is 14.8 Å². The molecule has 1 aliphatic heterocycles. The number of aromatic nitrogens is 1. The number of hydrogen-bond acceptors (Lipinski definition) is 8. The maximum Gasteiger partial charge on any atom is 0.300 e. The topological polar surface area (TPSA) is 114 Å². The molecule has 1 saturated heterocycles. The molecule has 0 bridgehead atoms. The zero-order valence-corrected chi connectivity index (χ0v) is 22.4. The van der Waals surface area contributed by atoms with E-state index in [1.165, 1.54) is 53.8 Å². The summed E-state index contributed by atoms with van der Waals surface area (Å²) in [6, 6.07) is 21.3. The molecule has 0 saturated carbocycles. The zero-order valence-electron chi connectivity index (χ0n) is 19.2. The molecule has 38 heavy (non-hydrogen) atoms. The molecule has 5 rings (SSSR count).